The smallest absolute Gasteiger partial charge is 0.550 e. The van der Waals surface area contributed by atoms with E-state index in [0.29, 0.717) is 0 Å². The molecule has 1 rings (SSSR count). The van der Waals surface area contributed by atoms with Crippen molar-refractivity contribution in [1.82, 2.24) is 4.31 Å². The number of nitro benzene ring substituents is 1. The number of aliphatic carboxylic acids is 1. The van der Waals surface area contributed by atoms with E-state index in [2.05, 4.69) is 0 Å². The average Bonchev–Trinajstić information content (AvgIpc) is 2.45. The fraction of sp³-hybridized carbons (Fsp3) is 0.417. The van der Waals surface area contributed by atoms with Crippen molar-refractivity contribution in [3.8, 4) is 0 Å². The Morgan fingerprint density at radius 2 is 1.96 bits per heavy atom. The molecular weight excluding hydrogens is 323 g/mol. The monoisotopic (exact) mass is 338 g/mol. The molecule has 0 aliphatic heterocycles. The van der Waals surface area contributed by atoms with Crippen molar-refractivity contribution >= 4 is 21.7 Å². The van der Waals surface area contributed by atoms with Crippen molar-refractivity contribution in [2.45, 2.75) is 17.4 Å². The van der Waals surface area contributed by atoms with Gasteiger partial charge in [0.05, 0.1) is 11.0 Å². The number of benzene rings is 1. The molecule has 0 radical (unpaired) electrons. The van der Waals surface area contributed by atoms with Gasteiger partial charge in [-0.3, -0.25) is 10.1 Å². The van der Waals surface area contributed by atoms with Crippen molar-refractivity contribution < 1.29 is 46.8 Å². The maximum Gasteiger partial charge on any atom is 1.00 e. The number of nitro groups is 1. The zero-order valence-corrected chi connectivity index (χ0v) is 13.8. The van der Waals surface area contributed by atoms with Gasteiger partial charge in [0, 0.05) is 39.2 Å². The third-order valence-electron chi connectivity index (χ3n) is 2.94. The number of likely N-dealkylation sites (N-methyl/N-ethyl adjacent to an activating group) is 1. The fourth-order valence-electron chi connectivity index (χ4n) is 1.79. The van der Waals surface area contributed by atoms with Gasteiger partial charge in [0.15, 0.2) is 4.90 Å². The molecule has 9 nitrogen and oxygen atoms in total. The minimum Gasteiger partial charge on any atom is -0.550 e. The number of carboxylic acid groups (broad SMARTS) is 1. The Morgan fingerprint density at radius 3 is 2.43 bits per heavy atom. The van der Waals surface area contributed by atoms with Crippen LogP contribution in [-0.2, 0) is 19.6 Å². The molecule has 11 heteroatoms. The van der Waals surface area contributed by atoms with Crippen LogP contribution in [0.15, 0.2) is 29.2 Å². The van der Waals surface area contributed by atoms with Crippen molar-refractivity contribution in [2.75, 3.05) is 20.7 Å². The molecule has 0 saturated heterocycles. The van der Waals surface area contributed by atoms with E-state index < -0.39 is 44.0 Å². The summed E-state index contributed by atoms with van der Waals surface area (Å²) in [4.78, 5) is 20.2. The molecule has 0 saturated carbocycles. The van der Waals surface area contributed by atoms with Crippen LogP contribution in [0.5, 0.6) is 0 Å². The molecule has 0 aliphatic carbocycles. The SMILES string of the molecule is COC(CC(=O)[O-])CN(C)S(=O)(=O)c1ccccc1[N+](=O)[O-].[Li+]. The number of carboxylic acids is 1. The average molecular weight is 338 g/mol. The second-order valence-electron chi connectivity index (χ2n) is 4.44. The molecule has 0 spiro atoms. The Kier molecular flexibility index (Phi) is 8.44. The summed E-state index contributed by atoms with van der Waals surface area (Å²) in [5.41, 5.74) is -0.553. The summed E-state index contributed by atoms with van der Waals surface area (Å²) in [6.07, 6.45) is -1.42. The number of methoxy groups -OCH3 is 1. The van der Waals surface area contributed by atoms with Crippen LogP contribution in [0, 0.1) is 10.1 Å². The van der Waals surface area contributed by atoms with E-state index in [1.54, 1.807) is 0 Å². The van der Waals surface area contributed by atoms with E-state index in [4.69, 9.17) is 4.74 Å². The van der Waals surface area contributed by atoms with Gasteiger partial charge in [-0.1, -0.05) is 12.1 Å². The predicted octanol–water partition coefficient (Wildman–Crippen LogP) is -3.63. The van der Waals surface area contributed by atoms with Gasteiger partial charge in [-0.2, -0.15) is 4.31 Å². The quantitative estimate of drug-likeness (QED) is 0.272. The first-order valence-corrected chi connectivity index (χ1v) is 7.56. The summed E-state index contributed by atoms with van der Waals surface area (Å²) < 4.78 is 30.5. The van der Waals surface area contributed by atoms with E-state index in [0.717, 1.165) is 16.4 Å². The first-order chi connectivity index (χ1) is 10.2. The van der Waals surface area contributed by atoms with Crippen LogP contribution in [0.1, 0.15) is 6.42 Å². The number of para-hydroxylation sites is 1. The first-order valence-electron chi connectivity index (χ1n) is 6.12. The van der Waals surface area contributed by atoms with Crippen LogP contribution in [0.2, 0.25) is 0 Å². The van der Waals surface area contributed by atoms with Gasteiger partial charge in [-0.05, 0) is 6.07 Å². The van der Waals surface area contributed by atoms with Gasteiger partial charge in [-0.15, -0.1) is 0 Å². The Labute approximate surface area is 145 Å². The zero-order chi connectivity index (χ0) is 16.9. The van der Waals surface area contributed by atoms with Crippen molar-refractivity contribution in [3.05, 3.63) is 34.4 Å². The summed E-state index contributed by atoms with van der Waals surface area (Å²) >= 11 is 0. The molecule has 0 heterocycles. The topological polar surface area (TPSA) is 130 Å². The molecule has 1 aromatic carbocycles. The standard InChI is InChI=1S/C12H16N2O7S.Li/c1-13(8-9(21-2)7-12(15)16)22(19,20)11-6-4-3-5-10(11)14(17)18;/h3-6,9H,7-8H2,1-2H3,(H,15,16);/q;+1/p-1. The number of carbonyl (C=O) groups excluding carboxylic acids is 1. The maximum absolute atomic E-state index is 12.4. The maximum atomic E-state index is 12.4. The van der Waals surface area contributed by atoms with Crippen LogP contribution in [0.25, 0.3) is 0 Å². The van der Waals surface area contributed by atoms with Crippen LogP contribution >= 0.6 is 0 Å². The number of rotatable bonds is 8. The van der Waals surface area contributed by atoms with Crippen LogP contribution in [0.3, 0.4) is 0 Å². The van der Waals surface area contributed by atoms with E-state index in [-0.39, 0.29) is 25.4 Å². The minimum atomic E-state index is -4.16. The van der Waals surface area contributed by atoms with E-state index in [1.807, 2.05) is 0 Å². The molecule has 0 N–H and O–H groups in total. The number of hydrogen-bond acceptors (Lipinski definition) is 7. The Balaban J connectivity index is 0.00000484. The summed E-state index contributed by atoms with van der Waals surface area (Å²) in [6.45, 7) is -0.279. The molecule has 1 aromatic rings. The third kappa shape index (κ3) is 5.60. The third-order valence-corrected chi connectivity index (χ3v) is 4.81. The Bertz CT molecular complexity index is 665. The second-order valence-corrected chi connectivity index (χ2v) is 6.46. The largest absolute Gasteiger partial charge is 1.00 e. The normalized spacial score (nSPS) is 12.5. The van der Waals surface area contributed by atoms with E-state index in [9.17, 15) is 28.4 Å². The summed E-state index contributed by atoms with van der Waals surface area (Å²) in [5.74, 6) is -1.39. The Morgan fingerprint density at radius 1 is 1.39 bits per heavy atom. The predicted molar refractivity (Wildman–Crippen MR) is 73.3 cm³/mol. The molecule has 0 aromatic heterocycles. The van der Waals surface area contributed by atoms with Gasteiger partial charge in [-0.25, -0.2) is 8.42 Å². The van der Waals surface area contributed by atoms with E-state index >= 15 is 0 Å². The van der Waals surface area contributed by atoms with Crippen molar-refractivity contribution in [1.29, 1.82) is 0 Å². The molecule has 1 atom stereocenters. The first kappa shape index (κ1) is 21.6. The molecule has 1 unspecified atom stereocenters. The summed E-state index contributed by atoms with van der Waals surface area (Å²) in [5, 5.41) is 21.5. The molecule has 0 amide bonds. The van der Waals surface area contributed by atoms with Gasteiger partial charge >= 0.3 is 18.9 Å². The van der Waals surface area contributed by atoms with Gasteiger partial charge in [0.1, 0.15) is 0 Å². The van der Waals surface area contributed by atoms with Gasteiger partial charge < -0.3 is 14.6 Å². The molecule has 0 fully saturated rings. The van der Waals surface area contributed by atoms with E-state index in [1.165, 1.54) is 26.3 Å². The summed E-state index contributed by atoms with van der Waals surface area (Å²) in [6, 6.07) is 4.91. The zero-order valence-electron chi connectivity index (χ0n) is 13.0. The van der Waals surface area contributed by atoms with Gasteiger partial charge in [0.25, 0.3) is 5.69 Å². The molecule has 23 heavy (non-hydrogen) atoms. The minimum absolute atomic E-state index is 0. The number of hydrogen-bond donors (Lipinski definition) is 0. The number of nitrogens with zero attached hydrogens (tertiary/aromatic N) is 2. The number of carbonyl (C=O) groups is 1. The molecule has 122 valence electrons. The second kappa shape index (κ2) is 9.00. The van der Waals surface area contributed by atoms with Crippen LogP contribution < -0.4 is 24.0 Å². The van der Waals surface area contributed by atoms with Crippen LogP contribution in [0.4, 0.5) is 5.69 Å². The molecular formula is C12H15LiN2O7S. The number of ether oxygens (including phenoxy) is 1. The Hall–Kier alpha value is -1.44. The van der Waals surface area contributed by atoms with Crippen LogP contribution in [-0.4, -0.2) is 50.4 Å². The van der Waals surface area contributed by atoms with Gasteiger partial charge in [0.2, 0.25) is 10.0 Å². The summed E-state index contributed by atoms with van der Waals surface area (Å²) in [7, 11) is -1.73. The fourth-order valence-corrected chi connectivity index (χ4v) is 3.14. The van der Waals surface area contributed by atoms with Crippen molar-refractivity contribution in [2.24, 2.45) is 0 Å². The molecule has 0 bridgehead atoms. The van der Waals surface area contributed by atoms with Crippen molar-refractivity contribution in [3.63, 3.8) is 0 Å². The number of sulfonamides is 1. The molecule has 0 aliphatic rings.